The Morgan fingerprint density at radius 1 is 1.22 bits per heavy atom. The molecule has 2 atom stereocenters. The van der Waals surface area contributed by atoms with Crippen LogP contribution in [0, 0.1) is 5.41 Å². The molecule has 0 spiro atoms. The van der Waals surface area contributed by atoms with Crippen molar-refractivity contribution < 1.29 is 9.84 Å². The van der Waals surface area contributed by atoms with Crippen LogP contribution in [-0.2, 0) is 11.3 Å². The third-order valence-electron chi connectivity index (χ3n) is 7.27. The van der Waals surface area contributed by atoms with Gasteiger partial charge in [-0.3, -0.25) is 0 Å². The maximum Gasteiger partial charge on any atom is 0.123 e. The summed E-state index contributed by atoms with van der Waals surface area (Å²) in [7, 11) is 0. The number of nitrogens with zero attached hydrogens (tertiary/aromatic N) is 3. The van der Waals surface area contributed by atoms with Crippen LogP contribution in [-0.4, -0.2) is 31.8 Å². The van der Waals surface area contributed by atoms with Gasteiger partial charge in [-0.2, -0.15) is 0 Å². The molecule has 1 aliphatic heterocycles. The third-order valence-corrected chi connectivity index (χ3v) is 7.27. The van der Waals surface area contributed by atoms with E-state index in [-0.39, 0.29) is 17.6 Å². The summed E-state index contributed by atoms with van der Waals surface area (Å²) in [5.74, 6) is 0.512. The predicted molar refractivity (Wildman–Crippen MR) is 125 cm³/mol. The van der Waals surface area contributed by atoms with Gasteiger partial charge < -0.3 is 20.1 Å². The Morgan fingerprint density at radius 3 is 2.81 bits per heavy atom. The maximum atomic E-state index is 11.4. The quantitative estimate of drug-likeness (QED) is 0.539. The van der Waals surface area contributed by atoms with E-state index in [2.05, 4.69) is 45.4 Å². The lowest BCUT2D eigenvalue weighted by Gasteiger charge is -2.42. The van der Waals surface area contributed by atoms with Gasteiger partial charge in [-0.25, -0.2) is 9.97 Å². The average Bonchev–Trinajstić information content (AvgIpc) is 3.41. The fraction of sp³-hybridized carbons (Fsp3) is 0.385. The Kier molecular flexibility index (Phi) is 5.57. The zero-order valence-electron chi connectivity index (χ0n) is 18.2. The highest BCUT2D eigenvalue weighted by Gasteiger charge is 2.41. The van der Waals surface area contributed by atoms with Gasteiger partial charge in [-0.05, 0) is 49.8 Å². The highest BCUT2D eigenvalue weighted by atomic mass is 16.5. The highest BCUT2D eigenvalue weighted by Crippen LogP contribution is 2.47. The molecule has 0 radical (unpaired) electrons. The minimum absolute atomic E-state index is 0.0964. The minimum Gasteiger partial charge on any atom is -0.392 e. The van der Waals surface area contributed by atoms with E-state index < -0.39 is 6.10 Å². The molecule has 0 saturated heterocycles. The zero-order chi connectivity index (χ0) is 22.1. The molecule has 1 saturated carbocycles. The van der Waals surface area contributed by atoms with Crippen molar-refractivity contribution in [3.63, 3.8) is 0 Å². The molecule has 2 unspecified atom stereocenters. The van der Waals surface area contributed by atoms with Crippen LogP contribution in [0.15, 0.2) is 67.6 Å². The van der Waals surface area contributed by atoms with Gasteiger partial charge in [0.1, 0.15) is 5.82 Å². The van der Waals surface area contributed by atoms with E-state index in [0.717, 1.165) is 37.1 Å². The highest BCUT2D eigenvalue weighted by molar-refractivity contribution is 5.68. The van der Waals surface area contributed by atoms with Crippen LogP contribution in [0.5, 0.6) is 0 Å². The number of aliphatic hydroxyl groups excluding tert-OH is 1. The lowest BCUT2D eigenvalue weighted by Crippen LogP contribution is -2.40. The Balaban J connectivity index is 1.24. The van der Waals surface area contributed by atoms with Gasteiger partial charge in [0.2, 0.25) is 0 Å². The first-order valence-electron chi connectivity index (χ1n) is 11.4. The molecular weight excluding hydrogens is 400 g/mol. The number of hydrogen-bond acceptors (Lipinski definition) is 5. The van der Waals surface area contributed by atoms with Crippen molar-refractivity contribution in [2.75, 3.05) is 5.73 Å². The standard InChI is InChI=1S/C26H30N4O2/c1-2-26(12-10-19(11-13-26)32-16-18-6-5-9-25(27)29-18)24(31)14-22-20-7-3-4-8-21(20)23-15-28-17-30(22)23/h2-9,15,17,19,22,24,31H,1,10-14,16H2,(H2,27,29). The summed E-state index contributed by atoms with van der Waals surface area (Å²) in [4.78, 5) is 8.65. The van der Waals surface area contributed by atoms with E-state index in [0.29, 0.717) is 18.8 Å². The molecule has 2 aromatic heterocycles. The number of pyridine rings is 1. The molecule has 6 heteroatoms. The molecule has 0 bridgehead atoms. The van der Waals surface area contributed by atoms with Crippen LogP contribution in [0.1, 0.15) is 49.4 Å². The van der Waals surface area contributed by atoms with Gasteiger partial charge in [-0.15, -0.1) is 6.58 Å². The Hall–Kier alpha value is -2.96. The number of nitrogens with two attached hydrogens (primary N) is 1. The molecule has 32 heavy (non-hydrogen) atoms. The average molecular weight is 431 g/mol. The first-order valence-corrected chi connectivity index (χ1v) is 11.4. The molecule has 1 fully saturated rings. The van der Waals surface area contributed by atoms with Crippen LogP contribution >= 0.6 is 0 Å². The van der Waals surface area contributed by atoms with Gasteiger partial charge >= 0.3 is 0 Å². The molecule has 1 aromatic carbocycles. The van der Waals surface area contributed by atoms with Gasteiger partial charge in [-0.1, -0.05) is 36.4 Å². The number of ether oxygens (including phenoxy) is 1. The van der Waals surface area contributed by atoms with E-state index in [4.69, 9.17) is 10.5 Å². The maximum absolute atomic E-state index is 11.4. The van der Waals surface area contributed by atoms with Crippen LogP contribution in [0.25, 0.3) is 11.3 Å². The summed E-state index contributed by atoms with van der Waals surface area (Å²) >= 11 is 0. The zero-order valence-corrected chi connectivity index (χ0v) is 18.2. The molecule has 3 N–H and O–H groups in total. The molecule has 3 heterocycles. The van der Waals surface area contributed by atoms with Gasteiger partial charge in [0, 0.05) is 11.0 Å². The van der Waals surface area contributed by atoms with Gasteiger partial charge in [0.25, 0.3) is 0 Å². The number of anilines is 1. The topological polar surface area (TPSA) is 86.2 Å². The van der Waals surface area contributed by atoms with Crippen molar-refractivity contribution in [2.24, 2.45) is 5.41 Å². The summed E-state index contributed by atoms with van der Waals surface area (Å²) in [6, 6.07) is 14.1. The second kappa shape index (κ2) is 8.52. The molecule has 0 amide bonds. The second-order valence-corrected chi connectivity index (χ2v) is 9.04. The monoisotopic (exact) mass is 430 g/mol. The number of benzene rings is 1. The second-order valence-electron chi connectivity index (χ2n) is 9.04. The van der Waals surface area contributed by atoms with Crippen LogP contribution in [0.3, 0.4) is 0 Å². The molecule has 166 valence electrons. The molecule has 5 rings (SSSR count). The summed E-state index contributed by atoms with van der Waals surface area (Å²) in [5.41, 5.74) is 9.91. The number of fused-ring (bicyclic) bond motifs is 3. The van der Waals surface area contributed by atoms with Crippen molar-refractivity contribution in [3.05, 3.63) is 78.9 Å². The summed E-state index contributed by atoms with van der Waals surface area (Å²) in [6.45, 7) is 4.58. The van der Waals surface area contributed by atoms with Crippen molar-refractivity contribution in [3.8, 4) is 11.3 Å². The van der Waals surface area contributed by atoms with Crippen molar-refractivity contribution in [1.82, 2.24) is 14.5 Å². The van der Waals surface area contributed by atoms with E-state index in [1.165, 1.54) is 11.1 Å². The number of aromatic nitrogens is 3. The first-order chi connectivity index (χ1) is 15.6. The molecule has 6 nitrogen and oxygen atoms in total. The summed E-state index contributed by atoms with van der Waals surface area (Å²) in [5, 5.41) is 11.4. The van der Waals surface area contributed by atoms with Crippen LogP contribution in [0.2, 0.25) is 0 Å². The van der Waals surface area contributed by atoms with Gasteiger partial charge in [0.15, 0.2) is 0 Å². The number of nitrogen functional groups attached to an aromatic ring is 1. The minimum atomic E-state index is -0.483. The Morgan fingerprint density at radius 2 is 2.03 bits per heavy atom. The van der Waals surface area contributed by atoms with Crippen LogP contribution < -0.4 is 5.73 Å². The van der Waals surface area contributed by atoms with E-state index in [9.17, 15) is 5.11 Å². The van der Waals surface area contributed by atoms with E-state index >= 15 is 0 Å². The van der Waals surface area contributed by atoms with Gasteiger partial charge in [0.05, 0.1) is 48.8 Å². The van der Waals surface area contributed by atoms with Crippen molar-refractivity contribution in [1.29, 1.82) is 0 Å². The van der Waals surface area contributed by atoms with E-state index in [1.54, 1.807) is 6.07 Å². The summed E-state index contributed by atoms with van der Waals surface area (Å²) < 4.78 is 8.30. The number of hydrogen-bond donors (Lipinski definition) is 2. The molecule has 2 aliphatic rings. The SMILES string of the molecule is C=CC1(C(O)CC2c3ccccc3-c3cncn32)CCC(OCc2cccc(N)n2)CC1. The third kappa shape index (κ3) is 3.74. The fourth-order valence-corrected chi connectivity index (χ4v) is 5.37. The Bertz CT molecular complexity index is 1100. The smallest absolute Gasteiger partial charge is 0.123 e. The summed E-state index contributed by atoms with van der Waals surface area (Å²) in [6.07, 6.45) is 9.58. The largest absolute Gasteiger partial charge is 0.392 e. The number of imidazole rings is 1. The van der Waals surface area contributed by atoms with Crippen molar-refractivity contribution in [2.45, 2.75) is 57.0 Å². The normalized spacial score (nSPS) is 25.2. The Labute approximate surface area is 188 Å². The first kappa shape index (κ1) is 20.9. The lowest BCUT2D eigenvalue weighted by molar-refractivity contribution is -0.0431. The number of rotatable bonds is 7. The molecule has 3 aromatic rings. The van der Waals surface area contributed by atoms with E-state index in [1.807, 2.05) is 30.7 Å². The van der Waals surface area contributed by atoms with Crippen molar-refractivity contribution >= 4 is 5.82 Å². The lowest BCUT2D eigenvalue weighted by atomic mass is 9.68. The number of aliphatic hydroxyl groups is 1. The predicted octanol–water partition coefficient (Wildman–Crippen LogP) is 4.51. The molecular formula is C26H30N4O2. The molecule has 1 aliphatic carbocycles. The van der Waals surface area contributed by atoms with Crippen LogP contribution in [0.4, 0.5) is 5.82 Å². The fourth-order valence-electron chi connectivity index (χ4n) is 5.37.